The number of aromatic nitrogens is 4. The minimum atomic E-state index is -0.0510. The van der Waals surface area contributed by atoms with Crippen LogP contribution in [0.25, 0.3) is 17.0 Å². The number of aromatic amines is 1. The van der Waals surface area contributed by atoms with Crippen molar-refractivity contribution < 1.29 is 0 Å². The Bertz CT molecular complexity index is 688. The molecule has 0 radical (unpaired) electrons. The minimum Gasteiger partial charge on any atom is -0.364 e. The van der Waals surface area contributed by atoms with E-state index in [0.717, 1.165) is 17.1 Å². The van der Waals surface area contributed by atoms with Gasteiger partial charge in [-0.2, -0.15) is 0 Å². The number of benzene rings is 1. The molecule has 2 N–H and O–H groups in total. The third-order valence-corrected chi connectivity index (χ3v) is 2.77. The van der Waals surface area contributed by atoms with Crippen LogP contribution in [-0.4, -0.2) is 25.1 Å². The SMILES string of the molecule is CC(C)(C)Nc1c(-c2ccccc2)nc2nc[nH]n12. The number of anilines is 1. The Morgan fingerprint density at radius 1 is 1.16 bits per heavy atom. The first-order chi connectivity index (χ1) is 9.04. The van der Waals surface area contributed by atoms with Crippen LogP contribution >= 0.6 is 0 Å². The van der Waals surface area contributed by atoms with Gasteiger partial charge in [-0.25, -0.2) is 14.5 Å². The molecule has 0 atom stereocenters. The number of nitrogens with zero attached hydrogens (tertiary/aromatic N) is 3. The summed E-state index contributed by atoms with van der Waals surface area (Å²) >= 11 is 0. The predicted octanol–water partition coefficient (Wildman–Crippen LogP) is 2.93. The van der Waals surface area contributed by atoms with Gasteiger partial charge < -0.3 is 5.32 Å². The van der Waals surface area contributed by atoms with Gasteiger partial charge in [-0.1, -0.05) is 30.3 Å². The first kappa shape index (κ1) is 11.8. The van der Waals surface area contributed by atoms with E-state index in [0.29, 0.717) is 5.78 Å². The van der Waals surface area contributed by atoms with Crippen molar-refractivity contribution >= 4 is 11.6 Å². The molecule has 0 saturated carbocycles. The lowest BCUT2D eigenvalue weighted by atomic mass is 10.1. The molecule has 2 heterocycles. The molecule has 3 aromatic rings. The molecule has 1 aromatic carbocycles. The smallest absolute Gasteiger partial charge is 0.252 e. The van der Waals surface area contributed by atoms with Crippen molar-refractivity contribution in [3.05, 3.63) is 36.7 Å². The fourth-order valence-corrected chi connectivity index (χ4v) is 2.03. The van der Waals surface area contributed by atoms with Gasteiger partial charge in [-0.15, -0.1) is 0 Å². The van der Waals surface area contributed by atoms with Crippen LogP contribution in [0.2, 0.25) is 0 Å². The quantitative estimate of drug-likeness (QED) is 0.740. The second-order valence-electron chi connectivity index (χ2n) is 5.57. The molecule has 3 rings (SSSR count). The maximum atomic E-state index is 4.59. The summed E-state index contributed by atoms with van der Waals surface area (Å²) in [4.78, 5) is 8.80. The average Bonchev–Trinajstić information content (AvgIpc) is 2.92. The molecule has 5 nitrogen and oxygen atoms in total. The van der Waals surface area contributed by atoms with E-state index in [4.69, 9.17) is 0 Å². The van der Waals surface area contributed by atoms with E-state index in [1.165, 1.54) is 0 Å². The van der Waals surface area contributed by atoms with Crippen LogP contribution in [0.4, 0.5) is 5.82 Å². The molecule has 5 heteroatoms. The summed E-state index contributed by atoms with van der Waals surface area (Å²) in [7, 11) is 0. The van der Waals surface area contributed by atoms with Gasteiger partial charge in [0.05, 0.1) is 0 Å². The van der Waals surface area contributed by atoms with E-state index in [9.17, 15) is 0 Å². The summed E-state index contributed by atoms with van der Waals surface area (Å²) in [6.45, 7) is 6.37. The van der Waals surface area contributed by atoms with Crippen LogP contribution in [0.15, 0.2) is 36.7 Å². The minimum absolute atomic E-state index is 0.0510. The van der Waals surface area contributed by atoms with Crippen LogP contribution in [0, 0.1) is 0 Å². The molecule has 0 amide bonds. The largest absolute Gasteiger partial charge is 0.364 e. The number of hydrogen-bond acceptors (Lipinski definition) is 3. The fraction of sp³-hybridized carbons (Fsp3) is 0.286. The monoisotopic (exact) mass is 255 g/mol. The zero-order chi connectivity index (χ0) is 13.5. The van der Waals surface area contributed by atoms with Gasteiger partial charge in [0.1, 0.15) is 12.0 Å². The molecule has 0 fully saturated rings. The lowest BCUT2D eigenvalue weighted by Crippen LogP contribution is -2.27. The number of hydrogen-bond donors (Lipinski definition) is 2. The summed E-state index contributed by atoms with van der Waals surface area (Å²) in [5.41, 5.74) is 1.94. The molecular formula is C14H17N5. The van der Waals surface area contributed by atoms with Crippen LogP contribution in [-0.2, 0) is 0 Å². The Morgan fingerprint density at radius 3 is 2.58 bits per heavy atom. The second kappa shape index (κ2) is 4.12. The van der Waals surface area contributed by atoms with Crippen molar-refractivity contribution in [2.45, 2.75) is 26.3 Å². The van der Waals surface area contributed by atoms with E-state index in [2.05, 4.69) is 53.3 Å². The first-order valence-corrected chi connectivity index (χ1v) is 6.30. The van der Waals surface area contributed by atoms with Gasteiger partial charge in [-0.3, -0.25) is 5.10 Å². The summed E-state index contributed by atoms with van der Waals surface area (Å²) < 4.78 is 1.87. The summed E-state index contributed by atoms with van der Waals surface area (Å²) in [5.74, 6) is 1.61. The van der Waals surface area contributed by atoms with Gasteiger partial charge in [-0.05, 0) is 20.8 Å². The van der Waals surface area contributed by atoms with E-state index in [1.54, 1.807) is 6.33 Å². The van der Waals surface area contributed by atoms with Crippen molar-refractivity contribution in [1.29, 1.82) is 0 Å². The number of rotatable bonds is 2. The van der Waals surface area contributed by atoms with E-state index in [1.807, 2.05) is 22.7 Å². The van der Waals surface area contributed by atoms with Crippen LogP contribution in [0.1, 0.15) is 20.8 Å². The Morgan fingerprint density at radius 2 is 1.89 bits per heavy atom. The Labute approximate surface area is 111 Å². The molecular weight excluding hydrogens is 238 g/mol. The van der Waals surface area contributed by atoms with E-state index < -0.39 is 0 Å². The topological polar surface area (TPSA) is 58.0 Å². The molecule has 0 aliphatic rings. The normalized spacial score (nSPS) is 11.9. The number of nitrogens with one attached hydrogen (secondary N) is 2. The van der Waals surface area contributed by atoms with Crippen LogP contribution < -0.4 is 5.32 Å². The molecule has 0 bridgehead atoms. The maximum absolute atomic E-state index is 4.59. The zero-order valence-electron chi connectivity index (χ0n) is 11.3. The average molecular weight is 255 g/mol. The van der Waals surface area contributed by atoms with Crippen molar-refractivity contribution in [3.8, 4) is 11.3 Å². The van der Waals surface area contributed by atoms with Crippen LogP contribution in [0.5, 0.6) is 0 Å². The van der Waals surface area contributed by atoms with E-state index >= 15 is 0 Å². The van der Waals surface area contributed by atoms with Gasteiger partial charge >= 0.3 is 0 Å². The Balaban J connectivity index is 2.18. The van der Waals surface area contributed by atoms with Crippen molar-refractivity contribution in [1.82, 2.24) is 19.6 Å². The Hall–Kier alpha value is -2.30. The summed E-state index contributed by atoms with van der Waals surface area (Å²) in [6.07, 6.45) is 1.64. The molecule has 0 aliphatic carbocycles. The second-order valence-corrected chi connectivity index (χ2v) is 5.57. The highest BCUT2D eigenvalue weighted by Crippen LogP contribution is 2.29. The first-order valence-electron chi connectivity index (χ1n) is 6.30. The van der Waals surface area contributed by atoms with Crippen LogP contribution in [0.3, 0.4) is 0 Å². The van der Waals surface area contributed by atoms with Crippen molar-refractivity contribution in [2.75, 3.05) is 5.32 Å². The highest BCUT2D eigenvalue weighted by atomic mass is 15.4. The fourth-order valence-electron chi connectivity index (χ4n) is 2.03. The predicted molar refractivity (Wildman–Crippen MR) is 76.1 cm³/mol. The maximum Gasteiger partial charge on any atom is 0.252 e. The summed E-state index contributed by atoms with van der Waals surface area (Å²) in [6, 6.07) is 10.1. The highest BCUT2D eigenvalue weighted by molar-refractivity contribution is 5.75. The van der Waals surface area contributed by atoms with Gasteiger partial charge in [0.25, 0.3) is 5.78 Å². The third-order valence-electron chi connectivity index (χ3n) is 2.77. The number of fused-ring (bicyclic) bond motifs is 1. The lowest BCUT2D eigenvalue weighted by molar-refractivity contribution is 0.627. The Kier molecular flexibility index (Phi) is 2.55. The van der Waals surface area contributed by atoms with Crippen molar-refractivity contribution in [3.63, 3.8) is 0 Å². The molecule has 0 unspecified atom stereocenters. The lowest BCUT2D eigenvalue weighted by Gasteiger charge is -2.22. The molecule has 0 saturated heterocycles. The highest BCUT2D eigenvalue weighted by Gasteiger charge is 2.20. The zero-order valence-corrected chi connectivity index (χ0v) is 11.3. The third kappa shape index (κ3) is 2.19. The summed E-state index contributed by atoms with van der Waals surface area (Å²) in [5, 5.41) is 6.57. The molecule has 0 spiro atoms. The van der Waals surface area contributed by atoms with Gasteiger partial charge in [0.15, 0.2) is 5.82 Å². The standard InChI is InChI=1S/C14H17N5/c1-14(2,3)18-12-11(10-7-5-4-6-8-10)17-13-15-9-16-19(12)13/h4-9,18H,1-3H3,(H,15,16,17). The van der Waals surface area contributed by atoms with Gasteiger partial charge in [0, 0.05) is 11.1 Å². The van der Waals surface area contributed by atoms with Crippen molar-refractivity contribution in [2.24, 2.45) is 0 Å². The molecule has 98 valence electrons. The van der Waals surface area contributed by atoms with Gasteiger partial charge in [0.2, 0.25) is 0 Å². The number of H-pyrrole nitrogens is 1. The molecule has 0 aliphatic heterocycles. The molecule has 19 heavy (non-hydrogen) atoms. The number of imidazole rings is 1. The molecule has 2 aromatic heterocycles. The van der Waals surface area contributed by atoms with E-state index in [-0.39, 0.29) is 5.54 Å².